The van der Waals surface area contributed by atoms with Crippen LogP contribution in [0, 0.1) is 0 Å². The van der Waals surface area contributed by atoms with Crippen molar-refractivity contribution >= 4 is 11.9 Å². The van der Waals surface area contributed by atoms with Gasteiger partial charge in [-0.3, -0.25) is 14.8 Å². The van der Waals surface area contributed by atoms with Gasteiger partial charge in [-0.15, -0.1) is 0 Å². The molecular formula is C12H24N2O4. The summed E-state index contributed by atoms with van der Waals surface area (Å²) in [6.45, 7) is 1.31. The zero-order valence-electron chi connectivity index (χ0n) is 11.0. The largest absolute Gasteiger partial charge is 0.481 e. The van der Waals surface area contributed by atoms with Crippen molar-refractivity contribution in [3.8, 4) is 0 Å². The molecule has 0 heterocycles. The maximum atomic E-state index is 11.4. The number of aliphatic carboxylic acids is 1. The molecule has 0 aromatic carbocycles. The van der Waals surface area contributed by atoms with E-state index in [1.54, 1.807) is 0 Å². The van der Waals surface area contributed by atoms with E-state index >= 15 is 0 Å². The molecule has 0 unspecified atom stereocenters. The first-order valence-electron chi connectivity index (χ1n) is 6.43. The lowest BCUT2D eigenvalue weighted by Gasteiger charge is -2.14. The van der Waals surface area contributed by atoms with Gasteiger partial charge in [-0.2, -0.15) is 0 Å². The van der Waals surface area contributed by atoms with Crippen LogP contribution in [0.25, 0.3) is 0 Å². The number of hydroxylamine groups is 2. The van der Waals surface area contributed by atoms with E-state index in [1.807, 2.05) is 7.05 Å². The third-order valence-electron chi connectivity index (χ3n) is 2.62. The molecule has 0 fully saturated rings. The SMILES string of the molecule is CNCCCCCCN(O)C(=O)CCCC(=O)O. The highest BCUT2D eigenvalue weighted by Gasteiger charge is 2.10. The van der Waals surface area contributed by atoms with E-state index in [-0.39, 0.29) is 19.3 Å². The van der Waals surface area contributed by atoms with Gasteiger partial charge in [0.2, 0.25) is 5.91 Å². The molecule has 0 aliphatic carbocycles. The summed E-state index contributed by atoms with van der Waals surface area (Å²) in [7, 11) is 1.91. The summed E-state index contributed by atoms with van der Waals surface area (Å²) < 4.78 is 0. The summed E-state index contributed by atoms with van der Waals surface area (Å²) in [5.41, 5.74) is 0. The topological polar surface area (TPSA) is 89.9 Å². The van der Waals surface area contributed by atoms with Crippen LogP contribution in [0.2, 0.25) is 0 Å². The molecule has 0 aliphatic rings. The fourth-order valence-corrected chi connectivity index (χ4v) is 1.56. The van der Waals surface area contributed by atoms with Crippen molar-refractivity contribution in [3.05, 3.63) is 0 Å². The van der Waals surface area contributed by atoms with E-state index in [4.69, 9.17) is 5.11 Å². The van der Waals surface area contributed by atoms with Crippen LogP contribution in [-0.2, 0) is 9.59 Å². The predicted molar refractivity (Wildman–Crippen MR) is 67.4 cm³/mol. The van der Waals surface area contributed by atoms with Gasteiger partial charge in [0.1, 0.15) is 0 Å². The van der Waals surface area contributed by atoms with Crippen LogP contribution < -0.4 is 5.32 Å². The van der Waals surface area contributed by atoms with Crippen molar-refractivity contribution in [2.75, 3.05) is 20.1 Å². The lowest BCUT2D eigenvalue weighted by molar-refractivity contribution is -0.165. The molecule has 0 saturated carbocycles. The highest BCUT2D eigenvalue weighted by Crippen LogP contribution is 2.03. The Hall–Kier alpha value is -1.14. The summed E-state index contributed by atoms with van der Waals surface area (Å²) in [5.74, 6) is -1.32. The molecule has 1 amide bonds. The number of rotatable bonds is 11. The zero-order valence-corrected chi connectivity index (χ0v) is 11.0. The van der Waals surface area contributed by atoms with Crippen molar-refractivity contribution in [1.29, 1.82) is 0 Å². The van der Waals surface area contributed by atoms with Crippen LogP contribution in [0.1, 0.15) is 44.9 Å². The van der Waals surface area contributed by atoms with Gasteiger partial charge in [0, 0.05) is 19.4 Å². The Morgan fingerprint density at radius 2 is 1.72 bits per heavy atom. The van der Waals surface area contributed by atoms with Crippen LogP contribution in [0.15, 0.2) is 0 Å². The number of unbranched alkanes of at least 4 members (excludes halogenated alkanes) is 3. The van der Waals surface area contributed by atoms with Crippen molar-refractivity contribution in [2.45, 2.75) is 44.9 Å². The summed E-state index contributed by atoms with van der Waals surface area (Å²) in [6, 6.07) is 0. The molecular weight excluding hydrogens is 236 g/mol. The smallest absolute Gasteiger partial charge is 0.303 e. The summed E-state index contributed by atoms with van der Waals surface area (Å²) in [5, 5.41) is 21.6. The van der Waals surface area contributed by atoms with E-state index in [2.05, 4.69) is 5.32 Å². The molecule has 0 atom stereocenters. The van der Waals surface area contributed by atoms with Gasteiger partial charge < -0.3 is 10.4 Å². The maximum Gasteiger partial charge on any atom is 0.303 e. The van der Waals surface area contributed by atoms with E-state index in [9.17, 15) is 14.8 Å². The normalized spacial score (nSPS) is 10.3. The van der Waals surface area contributed by atoms with Gasteiger partial charge >= 0.3 is 5.97 Å². The minimum absolute atomic E-state index is 0.0381. The lowest BCUT2D eigenvalue weighted by Crippen LogP contribution is -2.28. The number of carbonyl (C=O) groups is 2. The Labute approximate surface area is 108 Å². The Balaban J connectivity index is 3.47. The third-order valence-corrected chi connectivity index (χ3v) is 2.62. The fraction of sp³-hybridized carbons (Fsp3) is 0.833. The molecule has 0 rings (SSSR count). The first-order valence-corrected chi connectivity index (χ1v) is 6.43. The van der Waals surface area contributed by atoms with Crippen molar-refractivity contribution < 1.29 is 19.9 Å². The number of hydrogen-bond donors (Lipinski definition) is 3. The Morgan fingerprint density at radius 3 is 2.33 bits per heavy atom. The fourth-order valence-electron chi connectivity index (χ4n) is 1.56. The van der Waals surface area contributed by atoms with E-state index in [1.165, 1.54) is 0 Å². The number of nitrogens with one attached hydrogen (secondary N) is 1. The van der Waals surface area contributed by atoms with Crippen molar-refractivity contribution in [3.63, 3.8) is 0 Å². The number of hydrogen-bond acceptors (Lipinski definition) is 4. The molecule has 106 valence electrons. The van der Waals surface area contributed by atoms with Gasteiger partial charge in [0.15, 0.2) is 0 Å². The van der Waals surface area contributed by atoms with E-state index in [0.717, 1.165) is 32.2 Å². The molecule has 0 aliphatic heterocycles. The zero-order chi connectivity index (χ0) is 13.8. The number of carboxylic acid groups (broad SMARTS) is 1. The minimum Gasteiger partial charge on any atom is -0.481 e. The molecule has 3 N–H and O–H groups in total. The highest BCUT2D eigenvalue weighted by molar-refractivity contribution is 5.75. The van der Waals surface area contributed by atoms with E-state index in [0.29, 0.717) is 11.6 Å². The second-order valence-electron chi connectivity index (χ2n) is 4.28. The van der Waals surface area contributed by atoms with Gasteiger partial charge in [0.25, 0.3) is 0 Å². The maximum absolute atomic E-state index is 11.4. The van der Waals surface area contributed by atoms with Crippen LogP contribution in [0.3, 0.4) is 0 Å². The van der Waals surface area contributed by atoms with Crippen LogP contribution in [0.4, 0.5) is 0 Å². The van der Waals surface area contributed by atoms with Gasteiger partial charge in [0.05, 0.1) is 0 Å². The highest BCUT2D eigenvalue weighted by atomic mass is 16.5. The molecule has 0 aromatic rings. The standard InChI is InChI=1S/C12H24N2O4/c1-13-9-4-2-3-5-10-14(18)11(15)7-6-8-12(16)17/h13,18H,2-10H2,1H3,(H,16,17). The molecule has 0 spiro atoms. The number of carbonyl (C=O) groups excluding carboxylic acids is 1. The van der Waals surface area contributed by atoms with Crippen LogP contribution in [-0.4, -0.2) is 47.4 Å². The average Bonchev–Trinajstić information content (AvgIpc) is 2.32. The van der Waals surface area contributed by atoms with Crippen molar-refractivity contribution in [2.24, 2.45) is 0 Å². The third kappa shape index (κ3) is 10.0. The Morgan fingerprint density at radius 1 is 1.06 bits per heavy atom. The first kappa shape index (κ1) is 16.9. The first-order chi connectivity index (χ1) is 8.57. The van der Waals surface area contributed by atoms with Crippen LogP contribution in [0.5, 0.6) is 0 Å². The Kier molecular flexibility index (Phi) is 10.3. The minimum atomic E-state index is -0.920. The van der Waals surface area contributed by atoms with E-state index < -0.39 is 11.9 Å². The average molecular weight is 260 g/mol. The van der Waals surface area contributed by atoms with Gasteiger partial charge in [-0.25, -0.2) is 5.06 Å². The molecule has 18 heavy (non-hydrogen) atoms. The number of carboxylic acids is 1. The molecule has 0 saturated heterocycles. The molecule has 0 bridgehead atoms. The van der Waals surface area contributed by atoms with Gasteiger partial charge in [-0.1, -0.05) is 12.8 Å². The predicted octanol–water partition coefficient (Wildman–Crippen LogP) is 1.24. The lowest BCUT2D eigenvalue weighted by atomic mass is 10.2. The molecule has 6 heteroatoms. The molecule has 0 radical (unpaired) electrons. The second kappa shape index (κ2) is 11.0. The number of amides is 1. The summed E-state index contributed by atoms with van der Waals surface area (Å²) in [4.78, 5) is 21.6. The molecule has 6 nitrogen and oxygen atoms in total. The monoisotopic (exact) mass is 260 g/mol. The number of nitrogens with zero attached hydrogens (tertiary/aromatic N) is 1. The molecule has 0 aromatic heterocycles. The quantitative estimate of drug-likeness (QED) is 0.295. The van der Waals surface area contributed by atoms with Crippen LogP contribution >= 0.6 is 0 Å². The van der Waals surface area contributed by atoms with Gasteiger partial charge in [-0.05, 0) is 32.9 Å². The summed E-state index contributed by atoms with van der Waals surface area (Å²) >= 11 is 0. The summed E-state index contributed by atoms with van der Waals surface area (Å²) in [6.07, 6.45) is 4.22. The second-order valence-corrected chi connectivity index (χ2v) is 4.28. The van der Waals surface area contributed by atoms with Crippen molar-refractivity contribution in [1.82, 2.24) is 10.4 Å². The Bertz CT molecular complexity index is 246.